The number of aliphatic hydroxyl groups is 1. The Morgan fingerprint density at radius 3 is 2.79 bits per heavy atom. The molecule has 1 aliphatic carbocycles. The SMILES string of the molecule is COc1ccc2ncc3c(c2c1)C(O)C(C1CCC(N)CC1)CO3. The summed E-state index contributed by atoms with van der Waals surface area (Å²) in [6, 6.07) is 6.05. The van der Waals surface area contributed by atoms with E-state index in [1.165, 1.54) is 0 Å². The van der Waals surface area contributed by atoms with Gasteiger partial charge in [-0.1, -0.05) is 0 Å². The zero-order valence-electron chi connectivity index (χ0n) is 13.9. The van der Waals surface area contributed by atoms with Gasteiger partial charge in [-0.25, -0.2) is 0 Å². The molecule has 0 saturated heterocycles. The summed E-state index contributed by atoms with van der Waals surface area (Å²) in [6.45, 7) is 0.547. The molecule has 0 radical (unpaired) electrons. The maximum absolute atomic E-state index is 11.1. The quantitative estimate of drug-likeness (QED) is 0.886. The second-order valence-corrected chi connectivity index (χ2v) is 7.01. The van der Waals surface area contributed by atoms with Crippen molar-refractivity contribution in [1.29, 1.82) is 0 Å². The molecular formula is C19H24N2O3. The fraction of sp³-hybridized carbons (Fsp3) is 0.526. The molecule has 128 valence electrons. The number of nitrogens with zero attached hydrogens (tertiary/aromatic N) is 1. The second-order valence-electron chi connectivity index (χ2n) is 7.01. The number of aromatic nitrogens is 1. The topological polar surface area (TPSA) is 77.6 Å². The van der Waals surface area contributed by atoms with E-state index in [9.17, 15) is 5.11 Å². The van der Waals surface area contributed by atoms with Crippen molar-refractivity contribution in [3.8, 4) is 11.5 Å². The number of pyridine rings is 1. The number of nitrogens with two attached hydrogens (primary N) is 1. The minimum atomic E-state index is -0.536. The van der Waals surface area contributed by atoms with Gasteiger partial charge in [0.1, 0.15) is 11.5 Å². The van der Waals surface area contributed by atoms with Gasteiger partial charge in [0, 0.05) is 22.9 Å². The number of fused-ring (bicyclic) bond motifs is 3. The van der Waals surface area contributed by atoms with Crippen molar-refractivity contribution >= 4 is 10.9 Å². The van der Waals surface area contributed by atoms with Crippen LogP contribution in [0.4, 0.5) is 0 Å². The van der Waals surface area contributed by atoms with Gasteiger partial charge >= 0.3 is 0 Å². The normalized spacial score (nSPS) is 29.8. The molecule has 5 nitrogen and oxygen atoms in total. The van der Waals surface area contributed by atoms with E-state index in [4.69, 9.17) is 15.2 Å². The third-order valence-electron chi connectivity index (χ3n) is 5.63. The number of benzene rings is 1. The molecule has 0 bridgehead atoms. The molecule has 5 heteroatoms. The van der Waals surface area contributed by atoms with E-state index in [0.717, 1.165) is 47.9 Å². The molecule has 2 atom stereocenters. The molecule has 0 amide bonds. The lowest BCUT2D eigenvalue weighted by atomic mass is 9.74. The van der Waals surface area contributed by atoms with Crippen LogP contribution in [0.2, 0.25) is 0 Å². The van der Waals surface area contributed by atoms with Crippen LogP contribution in [0.3, 0.4) is 0 Å². The van der Waals surface area contributed by atoms with E-state index in [2.05, 4.69) is 4.98 Å². The van der Waals surface area contributed by atoms with Crippen LogP contribution in [0, 0.1) is 11.8 Å². The monoisotopic (exact) mass is 328 g/mol. The fourth-order valence-corrected chi connectivity index (χ4v) is 4.18. The predicted molar refractivity (Wildman–Crippen MR) is 92.2 cm³/mol. The van der Waals surface area contributed by atoms with Crippen molar-refractivity contribution in [2.24, 2.45) is 17.6 Å². The van der Waals surface area contributed by atoms with Gasteiger partial charge in [0.15, 0.2) is 0 Å². The van der Waals surface area contributed by atoms with Gasteiger partial charge in [-0.15, -0.1) is 0 Å². The third-order valence-corrected chi connectivity index (χ3v) is 5.63. The van der Waals surface area contributed by atoms with Crippen LogP contribution in [-0.2, 0) is 0 Å². The molecule has 1 saturated carbocycles. The molecule has 1 aliphatic heterocycles. The van der Waals surface area contributed by atoms with Gasteiger partial charge in [-0.3, -0.25) is 4.98 Å². The first-order chi connectivity index (χ1) is 11.7. The highest BCUT2D eigenvalue weighted by atomic mass is 16.5. The highest BCUT2D eigenvalue weighted by Crippen LogP contribution is 2.45. The second kappa shape index (κ2) is 6.22. The van der Waals surface area contributed by atoms with Crippen molar-refractivity contribution in [3.63, 3.8) is 0 Å². The molecule has 24 heavy (non-hydrogen) atoms. The van der Waals surface area contributed by atoms with Gasteiger partial charge in [-0.05, 0) is 49.8 Å². The Labute approximate surface area is 141 Å². The fourth-order valence-electron chi connectivity index (χ4n) is 4.18. The minimum absolute atomic E-state index is 0.113. The van der Waals surface area contributed by atoms with Crippen LogP contribution in [-0.4, -0.2) is 29.8 Å². The smallest absolute Gasteiger partial charge is 0.144 e. The molecule has 4 rings (SSSR count). The number of hydrogen-bond acceptors (Lipinski definition) is 5. The summed E-state index contributed by atoms with van der Waals surface area (Å²) < 4.78 is 11.3. The van der Waals surface area contributed by atoms with Crippen LogP contribution in [0.25, 0.3) is 10.9 Å². The highest BCUT2D eigenvalue weighted by Gasteiger charge is 2.37. The van der Waals surface area contributed by atoms with Crippen molar-refractivity contribution in [2.75, 3.05) is 13.7 Å². The number of ether oxygens (including phenoxy) is 2. The Hall–Kier alpha value is -1.85. The average Bonchev–Trinajstić information content (AvgIpc) is 2.62. The van der Waals surface area contributed by atoms with Crippen LogP contribution >= 0.6 is 0 Å². The van der Waals surface area contributed by atoms with Crippen LogP contribution in [0.1, 0.15) is 37.4 Å². The summed E-state index contributed by atoms with van der Waals surface area (Å²) in [6.07, 6.45) is 5.38. The Morgan fingerprint density at radius 2 is 2.04 bits per heavy atom. The van der Waals surface area contributed by atoms with Crippen LogP contribution < -0.4 is 15.2 Å². The number of rotatable bonds is 2. The maximum atomic E-state index is 11.1. The first kappa shape index (κ1) is 15.7. The van der Waals surface area contributed by atoms with Crippen LogP contribution in [0.15, 0.2) is 24.4 Å². The van der Waals surface area contributed by atoms with Gasteiger partial charge in [0.2, 0.25) is 0 Å². The van der Waals surface area contributed by atoms with Gasteiger partial charge in [-0.2, -0.15) is 0 Å². The molecule has 2 aromatic rings. The highest BCUT2D eigenvalue weighted by molar-refractivity contribution is 5.86. The summed E-state index contributed by atoms with van der Waals surface area (Å²) in [4.78, 5) is 4.44. The maximum Gasteiger partial charge on any atom is 0.144 e. The molecular weight excluding hydrogens is 304 g/mol. The molecule has 0 spiro atoms. The lowest BCUT2D eigenvalue weighted by molar-refractivity contribution is 0.00703. The molecule has 1 aromatic heterocycles. The molecule has 3 N–H and O–H groups in total. The summed E-state index contributed by atoms with van der Waals surface area (Å²) in [5, 5.41) is 12.0. The van der Waals surface area contributed by atoms with Gasteiger partial charge in [0.25, 0.3) is 0 Å². The Morgan fingerprint density at radius 1 is 1.25 bits per heavy atom. The van der Waals surface area contributed by atoms with Gasteiger partial charge in [0.05, 0.1) is 31.5 Å². The van der Waals surface area contributed by atoms with E-state index >= 15 is 0 Å². The molecule has 1 fully saturated rings. The zero-order valence-corrected chi connectivity index (χ0v) is 13.9. The van der Waals surface area contributed by atoms with E-state index in [1.807, 2.05) is 18.2 Å². The molecule has 2 aliphatic rings. The first-order valence-electron chi connectivity index (χ1n) is 8.70. The summed E-state index contributed by atoms with van der Waals surface area (Å²) in [5.74, 6) is 2.02. The van der Waals surface area contributed by atoms with E-state index in [1.54, 1.807) is 13.3 Å². The lowest BCUT2D eigenvalue weighted by Gasteiger charge is -2.38. The Balaban J connectivity index is 1.72. The number of aliphatic hydroxyl groups excluding tert-OH is 1. The predicted octanol–water partition coefficient (Wildman–Crippen LogP) is 2.80. The van der Waals surface area contributed by atoms with E-state index < -0.39 is 6.10 Å². The number of hydrogen-bond donors (Lipinski definition) is 2. The molecule has 1 aromatic carbocycles. The summed E-state index contributed by atoms with van der Waals surface area (Å²) >= 11 is 0. The molecule has 2 heterocycles. The molecule has 2 unspecified atom stereocenters. The van der Waals surface area contributed by atoms with Crippen LogP contribution in [0.5, 0.6) is 11.5 Å². The first-order valence-corrected chi connectivity index (χ1v) is 8.70. The third kappa shape index (κ3) is 2.62. The van der Waals surface area contributed by atoms with Crippen molar-refractivity contribution < 1.29 is 14.6 Å². The largest absolute Gasteiger partial charge is 0.497 e. The minimum Gasteiger partial charge on any atom is -0.497 e. The Kier molecular flexibility index (Phi) is 4.06. The standard InChI is InChI=1S/C19H24N2O3/c1-23-13-6-7-16-14(8-13)18-17(9-21-16)24-10-15(19(18)22)11-2-4-12(20)5-3-11/h6-9,11-12,15,19,22H,2-5,10,20H2,1H3. The van der Waals surface area contributed by atoms with Crippen molar-refractivity contribution in [3.05, 3.63) is 30.0 Å². The lowest BCUT2D eigenvalue weighted by Crippen LogP contribution is -2.36. The summed E-state index contributed by atoms with van der Waals surface area (Å²) in [5.41, 5.74) is 7.73. The Bertz CT molecular complexity index is 735. The number of methoxy groups -OCH3 is 1. The average molecular weight is 328 g/mol. The summed E-state index contributed by atoms with van der Waals surface area (Å²) in [7, 11) is 1.64. The van der Waals surface area contributed by atoms with Gasteiger partial charge < -0.3 is 20.3 Å². The zero-order chi connectivity index (χ0) is 16.7. The van der Waals surface area contributed by atoms with Crippen molar-refractivity contribution in [1.82, 2.24) is 4.98 Å². The van der Waals surface area contributed by atoms with Crippen molar-refractivity contribution in [2.45, 2.75) is 37.8 Å². The van der Waals surface area contributed by atoms with E-state index in [0.29, 0.717) is 24.3 Å². The van der Waals surface area contributed by atoms with E-state index in [-0.39, 0.29) is 5.92 Å².